The predicted molar refractivity (Wildman–Crippen MR) is 106 cm³/mol. The molecule has 0 saturated carbocycles. The maximum Gasteiger partial charge on any atom is 0.416 e. The average Bonchev–Trinajstić information content (AvgIpc) is 2.63. The first-order valence-electron chi connectivity index (χ1n) is 9.17. The van der Waals surface area contributed by atoms with E-state index in [0.717, 1.165) is 35.4 Å². The second-order valence-corrected chi connectivity index (χ2v) is 4.99. The molecule has 0 heterocycles. The molecule has 0 spiro atoms. The van der Waals surface area contributed by atoms with Gasteiger partial charge in [-0.2, -0.15) is 13.2 Å². The number of hydrogen-bond donors (Lipinski definition) is 0. The van der Waals surface area contributed by atoms with Crippen molar-refractivity contribution in [3.8, 4) is 0 Å². The second kappa shape index (κ2) is 17.5. The van der Waals surface area contributed by atoms with Gasteiger partial charge in [0.15, 0.2) is 11.6 Å². The minimum atomic E-state index is -4.21. The monoisotopic (exact) mass is 392 g/mol. The van der Waals surface area contributed by atoms with Crippen molar-refractivity contribution < 1.29 is 22.0 Å². The molecule has 0 amide bonds. The summed E-state index contributed by atoms with van der Waals surface area (Å²) < 4.78 is 60.1. The smallest absolute Gasteiger partial charge is 0.204 e. The van der Waals surface area contributed by atoms with E-state index in [1.165, 1.54) is 24.6 Å². The highest BCUT2D eigenvalue weighted by Gasteiger charge is 2.29. The summed E-state index contributed by atoms with van der Waals surface area (Å²) in [6.45, 7) is 15.7. The van der Waals surface area contributed by atoms with Crippen LogP contribution in [0.5, 0.6) is 0 Å². The summed E-state index contributed by atoms with van der Waals surface area (Å²) >= 11 is 0. The van der Waals surface area contributed by atoms with Crippen LogP contribution in [0.3, 0.4) is 0 Å². The summed E-state index contributed by atoms with van der Waals surface area (Å²) in [4.78, 5) is 0. The molecule has 0 atom stereocenters. The molecule has 0 nitrogen and oxygen atoms in total. The lowest BCUT2D eigenvalue weighted by Gasteiger charge is -2.05. The zero-order valence-electron chi connectivity index (χ0n) is 17.6. The lowest BCUT2D eigenvalue weighted by molar-refractivity contribution is -0.137. The van der Waals surface area contributed by atoms with Crippen LogP contribution in [0.15, 0.2) is 42.5 Å². The normalized spacial score (nSPS) is 9.07. The van der Waals surface area contributed by atoms with Crippen molar-refractivity contribution in [3.05, 3.63) is 70.8 Å². The van der Waals surface area contributed by atoms with Crippen molar-refractivity contribution in [2.45, 2.75) is 68.0 Å². The van der Waals surface area contributed by atoms with E-state index < -0.39 is 23.4 Å². The number of rotatable bonds is 0. The highest BCUT2D eigenvalue weighted by molar-refractivity contribution is 5.23. The number of benzene rings is 2. The Bertz CT molecular complexity index is 572. The Labute approximate surface area is 161 Å². The molecular weight excluding hydrogens is 359 g/mol. The van der Waals surface area contributed by atoms with E-state index in [1.807, 2.05) is 27.7 Å². The summed E-state index contributed by atoms with van der Waals surface area (Å²) in [5, 5.41) is 0. The SMILES string of the molecule is CC.CC.CCC.Cc1ccc(C(F)(F)F)cc1.Cc1ccc(F)c(F)c1. The maximum atomic E-state index is 12.2. The van der Waals surface area contributed by atoms with Crippen molar-refractivity contribution in [1.29, 1.82) is 0 Å². The van der Waals surface area contributed by atoms with Gasteiger partial charge in [0.2, 0.25) is 0 Å². The second-order valence-electron chi connectivity index (χ2n) is 4.99. The van der Waals surface area contributed by atoms with Crippen molar-refractivity contribution in [3.63, 3.8) is 0 Å². The van der Waals surface area contributed by atoms with Crippen LogP contribution in [0.4, 0.5) is 22.0 Å². The Morgan fingerprint density at radius 2 is 1.04 bits per heavy atom. The largest absolute Gasteiger partial charge is 0.416 e. The van der Waals surface area contributed by atoms with E-state index in [9.17, 15) is 22.0 Å². The van der Waals surface area contributed by atoms with Gasteiger partial charge in [-0.3, -0.25) is 0 Å². The van der Waals surface area contributed by atoms with E-state index in [-0.39, 0.29) is 0 Å². The van der Waals surface area contributed by atoms with Gasteiger partial charge in [-0.05, 0) is 43.7 Å². The first-order valence-corrected chi connectivity index (χ1v) is 9.17. The van der Waals surface area contributed by atoms with Crippen LogP contribution < -0.4 is 0 Å². The maximum absolute atomic E-state index is 12.2. The average molecular weight is 392 g/mol. The molecule has 156 valence electrons. The molecule has 0 aliphatic carbocycles. The van der Waals surface area contributed by atoms with E-state index >= 15 is 0 Å². The first kappa shape index (κ1) is 29.8. The van der Waals surface area contributed by atoms with E-state index in [4.69, 9.17) is 0 Å². The first-order chi connectivity index (χ1) is 12.6. The molecule has 0 radical (unpaired) electrons. The van der Waals surface area contributed by atoms with Crippen LogP contribution in [0.1, 0.15) is 64.7 Å². The number of alkyl halides is 3. The summed E-state index contributed by atoms with van der Waals surface area (Å²) in [5.74, 6) is -1.57. The number of aryl methyl sites for hydroxylation is 2. The molecule has 2 aromatic rings. The summed E-state index contributed by atoms with van der Waals surface area (Å²) in [6, 6.07) is 8.86. The van der Waals surface area contributed by atoms with Crippen LogP contribution >= 0.6 is 0 Å². The fraction of sp³-hybridized carbons (Fsp3) is 0.455. The Kier molecular flexibility index (Phi) is 19.3. The van der Waals surface area contributed by atoms with Gasteiger partial charge in [0.1, 0.15) is 0 Å². The Morgan fingerprint density at radius 1 is 0.667 bits per heavy atom. The minimum absolute atomic E-state index is 0.594. The third-order valence-corrected chi connectivity index (χ3v) is 2.45. The fourth-order valence-corrected chi connectivity index (χ4v) is 1.34. The molecule has 0 aromatic heterocycles. The van der Waals surface area contributed by atoms with Crippen LogP contribution in [-0.2, 0) is 6.18 Å². The molecule has 0 unspecified atom stereocenters. The van der Waals surface area contributed by atoms with Crippen molar-refractivity contribution >= 4 is 0 Å². The van der Waals surface area contributed by atoms with Crippen LogP contribution in [0.2, 0.25) is 0 Å². The van der Waals surface area contributed by atoms with E-state index in [1.54, 1.807) is 13.8 Å². The molecule has 0 N–H and O–H groups in total. The third kappa shape index (κ3) is 16.0. The van der Waals surface area contributed by atoms with Gasteiger partial charge in [0.25, 0.3) is 0 Å². The van der Waals surface area contributed by atoms with Crippen LogP contribution in [0, 0.1) is 25.5 Å². The van der Waals surface area contributed by atoms with Gasteiger partial charge >= 0.3 is 6.18 Å². The molecule has 2 aromatic carbocycles. The lowest BCUT2D eigenvalue weighted by Crippen LogP contribution is -2.03. The fourth-order valence-electron chi connectivity index (χ4n) is 1.34. The summed E-state index contributed by atoms with van der Waals surface area (Å²) in [7, 11) is 0. The Balaban J connectivity index is -0.000000324. The Hall–Kier alpha value is -1.91. The molecule has 0 bridgehead atoms. The van der Waals surface area contributed by atoms with Gasteiger partial charge < -0.3 is 0 Å². The third-order valence-electron chi connectivity index (χ3n) is 2.45. The van der Waals surface area contributed by atoms with Crippen LogP contribution in [0.25, 0.3) is 0 Å². The Morgan fingerprint density at radius 3 is 1.33 bits per heavy atom. The van der Waals surface area contributed by atoms with Gasteiger partial charge in [0.05, 0.1) is 5.56 Å². The van der Waals surface area contributed by atoms with Gasteiger partial charge in [-0.15, -0.1) is 0 Å². The molecule has 0 saturated heterocycles. The minimum Gasteiger partial charge on any atom is -0.204 e. The summed E-state index contributed by atoms with van der Waals surface area (Å²) in [6.07, 6.45) is -2.96. The highest BCUT2D eigenvalue weighted by atomic mass is 19.4. The molecular formula is C22H33F5. The van der Waals surface area contributed by atoms with Gasteiger partial charge in [0, 0.05) is 0 Å². The van der Waals surface area contributed by atoms with E-state index in [0.29, 0.717) is 0 Å². The van der Waals surface area contributed by atoms with Crippen molar-refractivity contribution in [2.24, 2.45) is 0 Å². The zero-order chi connectivity index (χ0) is 22.0. The number of halogens is 5. The predicted octanol–water partition coefficient (Wildman–Crippen LogP) is 8.76. The molecule has 0 fully saturated rings. The topological polar surface area (TPSA) is 0 Å². The van der Waals surface area contributed by atoms with Gasteiger partial charge in [-0.1, -0.05) is 71.7 Å². The van der Waals surface area contributed by atoms with Crippen LogP contribution in [-0.4, -0.2) is 0 Å². The van der Waals surface area contributed by atoms with E-state index in [2.05, 4.69) is 13.8 Å². The summed E-state index contributed by atoms with van der Waals surface area (Å²) in [5.41, 5.74) is 0.968. The highest BCUT2D eigenvalue weighted by Crippen LogP contribution is 2.28. The van der Waals surface area contributed by atoms with Crippen molar-refractivity contribution in [2.75, 3.05) is 0 Å². The molecule has 27 heavy (non-hydrogen) atoms. The van der Waals surface area contributed by atoms with Crippen molar-refractivity contribution in [1.82, 2.24) is 0 Å². The number of hydrogen-bond acceptors (Lipinski definition) is 0. The molecule has 0 aliphatic rings. The lowest BCUT2D eigenvalue weighted by atomic mass is 10.1. The van der Waals surface area contributed by atoms with Gasteiger partial charge in [-0.25, -0.2) is 8.78 Å². The molecule has 0 aliphatic heterocycles. The standard InChI is InChI=1S/C8H7F3.C7H6F2.C3H8.2C2H6/c1-6-2-4-7(5-3-6)8(9,10)11;1-5-2-3-6(8)7(9)4-5;1-3-2;2*1-2/h2-5H,1H3;2-4H,1H3;3H2,1-2H3;2*1-2H3. The quantitative estimate of drug-likeness (QED) is 0.393. The molecule has 2 rings (SSSR count). The zero-order valence-corrected chi connectivity index (χ0v) is 17.6. The molecule has 5 heteroatoms.